The highest BCUT2D eigenvalue weighted by Gasteiger charge is 2.30. The van der Waals surface area contributed by atoms with Crippen LogP contribution >= 0.6 is 0 Å². The van der Waals surface area contributed by atoms with Gasteiger partial charge in [-0.2, -0.15) is 0 Å². The van der Waals surface area contributed by atoms with Gasteiger partial charge in [0.05, 0.1) is 0 Å². The van der Waals surface area contributed by atoms with Crippen LogP contribution in [0, 0.1) is 13.8 Å². The van der Waals surface area contributed by atoms with E-state index in [2.05, 4.69) is 15.0 Å². The van der Waals surface area contributed by atoms with Crippen LogP contribution in [0.3, 0.4) is 0 Å². The lowest BCUT2D eigenvalue weighted by Crippen LogP contribution is -2.28. The van der Waals surface area contributed by atoms with Crippen LogP contribution < -0.4 is 0 Å². The average molecular weight is 320 g/mol. The largest absolute Gasteiger partial charge is 0.351 e. The molecule has 5 nitrogen and oxygen atoms in total. The lowest BCUT2D eigenvalue weighted by molar-refractivity contribution is 0.0785. The molecule has 1 fully saturated rings. The summed E-state index contributed by atoms with van der Waals surface area (Å²) in [5.41, 5.74) is 3.61. The molecule has 1 aliphatic heterocycles. The van der Waals surface area contributed by atoms with Crippen molar-refractivity contribution in [1.29, 1.82) is 0 Å². The van der Waals surface area contributed by atoms with Crippen LogP contribution in [-0.4, -0.2) is 38.8 Å². The number of benzene rings is 1. The number of nitrogens with zero attached hydrogens (tertiary/aromatic N) is 3. The molecule has 3 aromatic rings. The Bertz CT molecular complexity index is 861. The zero-order chi connectivity index (χ0) is 16.7. The van der Waals surface area contributed by atoms with Gasteiger partial charge in [-0.3, -0.25) is 4.79 Å². The van der Waals surface area contributed by atoms with E-state index >= 15 is 0 Å². The summed E-state index contributed by atoms with van der Waals surface area (Å²) in [5, 5.41) is 1.06. The molecular formula is C19H20N4O. The maximum absolute atomic E-state index is 12.8. The second-order valence-electron chi connectivity index (χ2n) is 6.52. The van der Waals surface area contributed by atoms with E-state index < -0.39 is 0 Å². The number of likely N-dealkylation sites (tertiary alicyclic amines) is 1. The highest BCUT2D eigenvalue weighted by atomic mass is 16.2. The number of carbonyl (C=O) groups excluding carboxylic acids is 1. The molecule has 1 amide bonds. The van der Waals surface area contributed by atoms with Crippen LogP contribution in [0.2, 0.25) is 0 Å². The Kier molecular flexibility index (Phi) is 3.56. The van der Waals surface area contributed by atoms with Crippen molar-refractivity contribution in [3.05, 3.63) is 59.3 Å². The Hall–Kier alpha value is -2.69. The summed E-state index contributed by atoms with van der Waals surface area (Å²) >= 11 is 0. The molecule has 4 rings (SSSR count). The lowest BCUT2D eigenvalue weighted by Gasteiger charge is -2.15. The molecule has 1 unspecified atom stereocenters. The first-order chi connectivity index (χ1) is 11.6. The minimum Gasteiger partial charge on any atom is -0.351 e. The van der Waals surface area contributed by atoms with Gasteiger partial charge in [-0.1, -0.05) is 18.2 Å². The molecule has 5 heteroatoms. The van der Waals surface area contributed by atoms with E-state index in [1.807, 2.05) is 55.1 Å². The summed E-state index contributed by atoms with van der Waals surface area (Å²) in [6.07, 6.45) is 0.912. The Morgan fingerprint density at radius 1 is 1.17 bits per heavy atom. The molecule has 122 valence electrons. The fraction of sp³-hybridized carbons (Fsp3) is 0.316. The molecule has 0 aliphatic carbocycles. The van der Waals surface area contributed by atoms with E-state index in [4.69, 9.17) is 0 Å². The zero-order valence-electron chi connectivity index (χ0n) is 13.9. The molecule has 0 spiro atoms. The van der Waals surface area contributed by atoms with Crippen molar-refractivity contribution in [3.8, 4) is 0 Å². The van der Waals surface area contributed by atoms with E-state index in [9.17, 15) is 4.79 Å². The molecule has 1 atom stereocenters. The van der Waals surface area contributed by atoms with E-state index in [1.54, 1.807) is 0 Å². The first kappa shape index (κ1) is 14.9. The van der Waals surface area contributed by atoms with Crippen molar-refractivity contribution in [3.63, 3.8) is 0 Å². The maximum atomic E-state index is 12.8. The maximum Gasteiger partial charge on any atom is 0.270 e. The second-order valence-corrected chi connectivity index (χ2v) is 6.52. The van der Waals surface area contributed by atoms with Crippen LogP contribution in [0.1, 0.15) is 40.0 Å². The van der Waals surface area contributed by atoms with Gasteiger partial charge in [0, 0.05) is 41.3 Å². The number of aromatic amines is 1. The number of hydrogen-bond acceptors (Lipinski definition) is 3. The molecule has 1 N–H and O–H groups in total. The average Bonchev–Trinajstić information content (AvgIpc) is 3.20. The number of hydrogen-bond donors (Lipinski definition) is 1. The van der Waals surface area contributed by atoms with Crippen LogP contribution in [-0.2, 0) is 0 Å². The van der Waals surface area contributed by atoms with Gasteiger partial charge in [0.1, 0.15) is 11.5 Å². The molecule has 1 saturated heterocycles. The van der Waals surface area contributed by atoms with E-state index in [1.165, 1.54) is 0 Å². The van der Waals surface area contributed by atoms with Crippen molar-refractivity contribution < 1.29 is 4.79 Å². The van der Waals surface area contributed by atoms with E-state index in [-0.39, 0.29) is 11.8 Å². The van der Waals surface area contributed by atoms with Crippen LogP contribution in [0.5, 0.6) is 0 Å². The summed E-state index contributed by atoms with van der Waals surface area (Å²) in [7, 11) is 0. The van der Waals surface area contributed by atoms with E-state index in [0.717, 1.165) is 41.1 Å². The fourth-order valence-electron chi connectivity index (χ4n) is 3.45. The molecule has 2 aromatic heterocycles. The van der Waals surface area contributed by atoms with Gasteiger partial charge < -0.3 is 9.88 Å². The monoisotopic (exact) mass is 320 g/mol. The van der Waals surface area contributed by atoms with Crippen LogP contribution in [0.4, 0.5) is 0 Å². The fourth-order valence-corrected chi connectivity index (χ4v) is 3.45. The van der Waals surface area contributed by atoms with Gasteiger partial charge in [-0.05, 0) is 38.5 Å². The summed E-state index contributed by atoms with van der Waals surface area (Å²) in [4.78, 5) is 27.0. The molecule has 0 radical (unpaired) electrons. The molecule has 1 aliphatic rings. The van der Waals surface area contributed by atoms with Crippen molar-refractivity contribution in [2.24, 2.45) is 0 Å². The predicted molar refractivity (Wildman–Crippen MR) is 93.1 cm³/mol. The van der Waals surface area contributed by atoms with Gasteiger partial charge in [0.25, 0.3) is 5.91 Å². The highest BCUT2D eigenvalue weighted by Crippen LogP contribution is 2.27. The van der Waals surface area contributed by atoms with E-state index in [0.29, 0.717) is 12.2 Å². The number of aromatic nitrogens is 3. The van der Waals surface area contributed by atoms with Gasteiger partial charge in [-0.25, -0.2) is 9.97 Å². The van der Waals surface area contributed by atoms with Crippen LogP contribution in [0.25, 0.3) is 10.9 Å². The Morgan fingerprint density at radius 3 is 2.67 bits per heavy atom. The smallest absolute Gasteiger partial charge is 0.270 e. The molecular weight excluding hydrogens is 300 g/mol. The number of carbonyl (C=O) groups is 1. The third kappa shape index (κ3) is 2.66. The molecule has 0 saturated carbocycles. The third-order valence-electron chi connectivity index (χ3n) is 4.60. The molecule has 24 heavy (non-hydrogen) atoms. The summed E-state index contributed by atoms with van der Waals surface area (Å²) in [6, 6.07) is 11.9. The summed E-state index contributed by atoms with van der Waals surface area (Å²) < 4.78 is 0. The molecule has 3 heterocycles. The zero-order valence-corrected chi connectivity index (χ0v) is 13.9. The van der Waals surface area contributed by atoms with Gasteiger partial charge in [0.15, 0.2) is 0 Å². The van der Waals surface area contributed by atoms with Gasteiger partial charge >= 0.3 is 0 Å². The lowest BCUT2D eigenvalue weighted by atomic mass is 10.1. The third-order valence-corrected chi connectivity index (χ3v) is 4.60. The number of para-hydroxylation sites is 1. The Labute approximate surface area is 140 Å². The number of aryl methyl sites for hydroxylation is 2. The first-order valence-electron chi connectivity index (χ1n) is 8.29. The first-order valence-corrected chi connectivity index (χ1v) is 8.29. The molecule has 0 bridgehead atoms. The summed E-state index contributed by atoms with van der Waals surface area (Å²) in [5.74, 6) is 1.13. The number of fused-ring (bicyclic) bond motifs is 1. The highest BCUT2D eigenvalue weighted by molar-refractivity contribution is 5.98. The standard InChI is InChI=1S/C19H20N4O/c1-12-9-13(2)21-18(20-12)15-7-8-23(11-15)19(24)17-10-14-5-3-4-6-16(14)22-17/h3-6,9-10,15,22H,7-8,11H2,1-2H3. The number of rotatable bonds is 2. The predicted octanol–water partition coefficient (Wildman–Crippen LogP) is 3.20. The Morgan fingerprint density at radius 2 is 1.92 bits per heavy atom. The normalized spacial score (nSPS) is 17.6. The summed E-state index contributed by atoms with van der Waals surface area (Å²) in [6.45, 7) is 5.40. The van der Waals surface area contributed by atoms with Crippen molar-refractivity contribution in [2.45, 2.75) is 26.2 Å². The Balaban J connectivity index is 1.54. The van der Waals surface area contributed by atoms with Crippen molar-refractivity contribution >= 4 is 16.8 Å². The minimum absolute atomic E-state index is 0.0538. The van der Waals surface area contributed by atoms with Crippen molar-refractivity contribution in [2.75, 3.05) is 13.1 Å². The quantitative estimate of drug-likeness (QED) is 0.788. The topological polar surface area (TPSA) is 61.9 Å². The van der Waals surface area contributed by atoms with Crippen molar-refractivity contribution in [1.82, 2.24) is 19.9 Å². The van der Waals surface area contributed by atoms with Gasteiger partial charge in [0.2, 0.25) is 0 Å². The van der Waals surface area contributed by atoms with Gasteiger partial charge in [-0.15, -0.1) is 0 Å². The number of H-pyrrole nitrogens is 1. The number of amides is 1. The SMILES string of the molecule is Cc1cc(C)nc(C2CCN(C(=O)c3cc4ccccc4[nH]3)C2)n1. The number of nitrogens with one attached hydrogen (secondary N) is 1. The van der Waals surface area contributed by atoms with Crippen LogP contribution in [0.15, 0.2) is 36.4 Å². The minimum atomic E-state index is 0.0538. The molecule has 1 aromatic carbocycles. The second kappa shape index (κ2) is 5.74.